The minimum atomic E-state index is 0.684. The molecule has 0 atom stereocenters. The summed E-state index contributed by atoms with van der Waals surface area (Å²) in [6.45, 7) is 2.01. The third kappa shape index (κ3) is 2.43. The van der Waals surface area contributed by atoms with E-state index in [9.17, 15) is 0 Å². The van der Waals surface area contributed by atoms with Gasteiger partial charge in [0.05, 0.1) is 5.94 Å². The third-order valence-electron chi connectivity index (χ3n) is 1.58. The van der Waals surface area contributed by atoms with Crippen LogP contribution in [0, 0.1) is 6.92 Å². The van der Waals surface area contributed by atoms with E-state index >= 15 is 0 Å². The summed E-state index contributed by atoms with van der Waals surface area (Å²) < 4.78 is 4.95. The standard InChI is InChI=1S/C9H13NOS/c1-7-5-8(12-6-11-2)3-4-9(7)10/h3-5H,6,10H2,1-2H3. The molecule has 3 heteroatoms. The number of nitrogens with two attached hydrogens (primary N) is 1. The number of hydrogen-bond donors (Lipinski definition) is 1. The molecule has 0 heterocycles. The Morgan fingerprint density at radius 3 is 2.83 bits per heavy atom. The van der Waals surface area contributed by atoms with Gasteiger partial charge in [0.2, 0.25) is 0 Å². The van der Waals surface area contributed by atoms with Crippen molar-refractivity contribution in [2.75, 3.05) is 18.8 Å². The maximum Gasteiger partial charge on any atom is 0.0963 e. The number of rotatable bonds is 3. The molecule has 1 rings (SSSR count). The summed E-state index contributed by atoms with van der Waals surface area (Å²) in [6, 6.07) is 6.00. The Morgan fingerprint density at radius 2 is 2.25 bits per heavy atom. The van der Waals surface area contributed by atoms with Gasteiger partial charge in [-0.05, 0) is 30.7 Å². The summed E-state index contributed by atoms with van der Waals surface area (Å²) in [5.74, 6) is 0.684. The lowest BCUT2D eigenvalue weighted by Gasteiger charge is -2.03. The number of nitrogen functional groups attached to an aromatic ring is 1. The van der Waals surface area contributed by atoms with Crippen LogP contribution in [0.3, 0.4) is 0 Å². The van der Waals surface area contributed by atoms with Crippen molar-refractivity contribution in [2.45, 2.75) is 11.8 Å². The van der Waals surface area contributed by atoms with Crippen LogP contribution in [0.2, 0.25) is 0 Å². The number of anilines is 1. The zero-order valence-electron chi connectivity index (χ0n) is 7.33. The highest BCUT2D eigenvalue weighted by molar-refractivity contribution is 7.99. The van der Waals surface area contributed by atoms with E-state index in [0.717, 1.165) is 11.3 Å². The number of ether oxygens (including phenoxy) is 1. The molecule has 1 aromatic rings. The van der Waals surface area contributed by atoms with Crippen LogP contribution in [-0.2, 0) is 4.74 Å². The molecule has 2 N–H and O–H groups in total. The van der Waals surface area contributed by atoms with Crippen molar-refractivity contribution in [3.63, 3.8) is 0 Å². The third-order valence-corrected chi connectivity index (χ3v) is 2.53. The van der Waals surface area contributed by atoms with Crippen molar-refractivity contribution in [1.82, 2.24) is 0 Å². The number of methoxy groups -OCH3 is 1. The van der Waals surface area contributed by atoms with E-state index in [0.29, 0.717) is 5.94 Å². The van der Waals surface area contributed by atoms with E-state index in [1.807, 2.05) is 19.1 Å². The number of benzene rings is 1. The highest BCUT2D eigenvalue weighted by Gasteiger charge is 1.96. The van der Waals surface area contributed by atoms with Crippen molar-refractivity contribution in [3.8, 4) is 0 Å². The average molecular weight is 183 g/mol. The van der Waals surface area contributed by atoms with E-state index in [2.05, 4.69) is 6.07 Å². The highest BCUT2D eigenvalue weighted by atomic mass is 32.2. The zero-order chi connectivity index (χ0) is 8.97. The first-order chi connectivity index (χ1) is 5.74. The maximum absolute atomic E-state index is 5.68. The smallest absolute Gasteiger partial charge is 0.0963 e. The van der Waals surface area contributed by atoms with Crippen LogP contribution in [0.1, 0.15) is 5.56 Å². The molecule has 0 saturated heterocycles. The first kappa shape index (κ1) is 9.42. The summed E-state index contributed by atoms with van der Waals surface area (Å²) in [4.78, 5) is 1.20. The van der Waals surface area contributed by atoms with E-state index in [-0.39, 0.29) is 0 Å². The lowest BCUT2D eigenvalue weighted by atomic mass is 10.2. The van der Waals surface area contributed by atoms with E-state index < -0.39 is 0 Å². The number of aryl methyl sites for hydroxylation is 1. The van der Waals surface area contributed by atoms with Gasteiger partial charge in [-0.15, -0.1) is 0 Å². The molecule has 0 aliphatic rings. The van der Waals surface area contributed by atoms with Crippen LogP contribution < -0.4 is 5.73 Å². The van der Waals surface area contributed by atoms with Gasteiger partial charge in [-0.1, -0.05) is 11.8 Å². The van der Waals surface area contributed by atoms with E-state index in [1.165, 1.54) is 4.90 Å². The molecule has 0 unspecified atom stereocenters. The fraction of sp³-hybridized carbons (Fsp3) is 0.333. The quantitative estimate of drug-likeness (QED) is 0.443. The Bertz CT molecular complexity index is 263. The molecule has 0 fully saturated rings. The maximum atomic E-state index is 5.68. The van der Waals surface area contributed by atoms with Crippen molar-refractivity contribution < 1.29 is 4.74 Å². The predicted molar refractivity (Wildman–Crippen MR) is 53.3 cm³/mol. The second-order valence-electron chi connectivity index (χ2n) is 2.57. The molecule has 0 saturated carbocycles. The van der Waals surface area contributed by atoms with Gasteiger partial charge >= 0.3 is 0 Å². The molecule has 0 aliphatic carbocycles. The summed E-state index contributed by atoms with van der Waals surface area (Å²) >= 11 is 1.67. The molecule has 0 radical (unpaired) electrons. The molecule has 0 spiro atoms. The second kappa shape index (κ2) is 4.38. The molecular weight excluding hydrogens is 170 g/mol. The highest BCUT2D eigenvalue weighted by Crippen LogP contribution is 2.21. The summed E-state index contributed by atoms with van der Waals surface area (Å²) in [7, 11) is 1.69. The first-order valence-electron chi connectivity index (χ1n) is 3.72. The van der Waals surface area contributed by atoms with Crippen molar-refractivity contribution in [2.24, 2.45) is 0 Å². The van der Waals surface area contributed by atoms with E-state index in [1.54, 1.807) is 18.9 Å². The lowest BCUT2D eigenvalue weighted by molar-refractivity contribution is 0.259. The molecule has 1 aromatic carbocycles. The van der Waals surface area contributed by atoms with Gasteiger partial charge in [-0.3, -0.25) is 0 Å². The van der Waals surface area contributed by atoms with Crippen molar-refractivity contribution >= 4 is 17.4 Å². The van der Waals surface area contributed by atoms with Gasteiger partial charge in [0.1, 0.15) is 0 Å². The van der Waals surface area contributed by atoms with Crippen LogP contribution >= 0.6 is 11.8 Å². The lowest BCUT2D eigenvalue weighted by Crippen LogP contribution is -1.89. The summed E-state index contributed by atoms with van der Waals surface area (Å²) in [5.41, 5.74) is 7.64. The largest absolute Gasteiger partial charge is 0.399 e. The minimum absolute atomic E-state index is 0.684. The Hall–Kier alpha value is -0.670. The van der Waals surface area contributed by atoms with Gasteiger partial charge in [0.15, 0.2) is 0 Å². The Kier molecular flexibility index (Phi) is 3.44. The Labute approximate surface area is 77.1 Å². The normalized spacial score (nSPS) is 10.2. The van der Waals surface area contributed by atoms with Crippen molar-refractivity contribution in [3.05, 3.63) is 23.8 Å². The monoisotopic (exact) mass is 183 g/mol. The Balaban J connectivity index is 2.69. The predicted octanol–water partition coefficient (Wildman–Crippen LogP) is 2.27. The van der Waals surface area contributed by atoms with E-state index in [4.69, 9.17) is 10.5 Å². The van der Waals surface area contributed by atoms with Crippen LogP contribution in [-0.4, -0.2) is 13.0 Å². The number of thioether (sulfide) groups is 1. The fourth-order valence-corrected chi connectivity index (χ4v) is 1.54. The molecular formula is C9H13NOS. The first-order valence-corrected chi connectivity index (χ1v) is 4.70. The summed E-state index contributed by atoms with van der Waals surface area (Å²) in [6.07, 6.45) is 0. The topological polar surface area (TPSA) is 35.2 Å². The summed E-state index contributed by atoms with van der Waals surface area (Å²) in [5, 5.41) is 0. The van der Waals surface area contributed by atoms with Crippen LogP contribution in [0.15, 0.2) is 23.1 Å². The molecule has 12 heavy (non-hydrogen) atoms. The SMILES string of the molecule is COCSc1ccc(N)c(C)c1. The molecule has 0 bridgehead atoms. The van der Waals surface area contributed by atoms with Gasteiger partial charge in [0, 0.05) is 17.7 Å². The molecule has 0 aromatic heterocycles. The molecule has 0 amide bonds. The molecule has 66 valence electrons. The van der Waals surface area contributed by atoms with Crippen LogP contribution in [0.5, 0.6) is 0 Å². The van der Waals surface area contributed by atoms with Gasteiger partial charge in [-0.2, -0.15) is 0 Å². The number of hydrogen-bond acceptors (Lipinski definition) is 3. The van der Waals surface area contributed by atoms with Crippen molar-refractivity contribution in [1.29, 1.82) is 0 Å². The minimum Gasteiger partial charge on any atom is -0.399 e. The average Bonchev–Trinajstić information content (AvgIpc) is 2.07. The van der Waals surface area contributed by atoms with Gasteiger partial charge in [-0.25, -0.2) is 0 Å². The molecule has 0 aliphatic heterocycles. The second-order valence-corrected chi connectivity index (χ2v) is 3.57. The Morgan fingerprint density at radius 1 is 1.50 bits per heavy atom. The fourth-order valence-electron chi connectivity index (χ4n) is 0.865. The van der Waals surface area contributed by atoms with Crippen LogP contribution in [0.25, 0.3) is 0 Å². The zero-order valence-corrected chi connectivity index (χ0v) is 8.15. The van der Waals surface area contributed by atoms with Gasteiger partial charge < -0.3 is 10.5 Å². The van der Waals surface area contributed by atoms with Gasteiger partial charge in [0.25, 0.3) is 0 Å². The van der Waals surface area contributed by atoms with Crippen LogP contribution in [0.4, 0.5) is 5.69 Å². The molecule has 2 nitrogen and oxygen atoms in total.